The zero-order valence-electron chi connectivity index (χ0n) is 16.0. The van der Waals surface area contributed by atoms with Crippen LogP contribution in [0.3, 0.4) is 0 Å². The van der Waals surface area contributed by atoms with Crippen molar-refractivity contribution in [3.8, 4) is 0 Å². The number of likely N-dealkylation sites (tertiary alicyclic amines) is 1. The predicted octanol–water partition coefficient (Wildman–Crippen LogP) is 1.09. The summed E-state index contributed by atoms with van der Waals surface area (Å²) < 4.78 is 24.7. The molecule has 9 heteroatoms. The molecule has 0 unspecified atom stereocenters. The molecule has 0 aliphatic carbocycles. The van der Waals surface area contributed by atoms with E-state index >= 15 is 0 Å². The fraction of sp³-hybridized carbons (Fsp3) is 0.824. The minimum Gasteiger partial charge on any atom is -0.356 e. The molecule has 2 heterocycles. The summed E-state index contributed by atoms with van der Waals surface area (Å²) in [6.07, 6.45) is 7.28. The highest BCUT2D eigenvalue weighted by Gasteiger charge is 2.25. The highest BCUT2D eigenvalue weighted by molar-refractivity contribution is 14.0. The van der Waals surface area contributed by atoms with E-state index < -0.39 is 10.0 Å². The first-order valence-electron chi connectivity index (χ1n) is 9.18. The summed E-state index contributed by atoms with van der Waals surface area (Å²) >= 11 is 0. The van der Waals surface area contributed by atoms with Crippen molar-refractivity contribution in [1.29, 1.82) is 0 Å². The highest BCUT2D eigenvalue weighted by atomic mass is 127. The summed E-state index contributed by atoms with van der Waals surface area (Å²) in [5, 5.41) is 6.94. The van der Waals surface area contributed by atoms with Gasteiger partial charge in [-0.15, -0.1) is 30.6 Å². The van der Waals surface area contributed by atoms with Crippen LogP contribution in [0.4, 0.5) is 0 Å². The Kier molecular flexibility index (Phi) is 10.4. The molecule has 7 nitrogen and oxygen atoms in total. The first kappa shape index (κ1) is 23.6. The molecule has 0 spiro atoms. The maximum Gasteiger partial charge on any atom is 0.211 e. The van der Waals surface area contributed by atoms with E-state index in [4.69, 9.17) is 0 Å². The molecule has 0 aromatic rings. The van der Waals surface area contributed by atoms with Gasteiger partial charge < -0.3 is 10.6 Å². The summed E-state index contributed by atoms with van der Waals surface area (Å²) in [7, 11) is -1.25. The lowest BCUT2D eigenvalue weighted by molar-refractivity contribution is 0.224. The Balaban J connectivity index is 0.00000338. The van der Waals surface area contributed by atoms with Gasteiger partial charge in [0.25, 0.3) is 0 Å². The fourth-order valence-corrected chi connectivity index (χ4v) is 4.39. The molecular weight excluding hydrogens is 465 g/mol. The second-order valence-electron chi connectivity index (χ2n) is 7.07. The number of hydrogen-bond donors (Lipinski definition) is 2. The van der Waals surface area contributed by atoms with Crippen LogP contribution in [0, 0.1) is 5.92 Å². The summed E-state index contributed by atoms with van der Waals surface area (Å²) in [6.45, 7) is 9.03. The first-order valence-corrected chi connectivity index (χ1v) is 11.0. The summed E-state index contributed by atoms with van der Waals surface area (Å²) in [5.41, 5.74) is 0. The molecular formula is C17H34IN5O2S. The van der Waals surface area contributed by atoms with Crippen molar-refractivity contribution in [3.63, 3.8) is 0 Å². The largest absolute Gasteiger partial charge is 0.356 e. The number of halogens is 1. The summed E-state index contributed by atoms with van der Waals surface area (Å²) in [6, 6.07) is 0.458. The van der Waals surface area contributed by atoms with Gasteiger partial charge in [0, 0.05) is 52.4 Å². The van der Waals surface area contributed by atoms with Crippen LogP contribution in [-0.2, 0) is 10.0 Å². The molecule has 2 aliphatic heterocycles. The van der Waals surface area contributed by atoms with E-state index in [0.29, 0.717) is 25.0 Å². The highest BCUT2D eigenvalue weighted by Crippen LogP contribution is 2.18. The molecule has 2 fully saturated rings. The molecule has 0 saturated carbocycles. The maximum absolute atomic E-state index is 11.6. The van der Waals surface area contributed by atoms with Crippen LogP contribution in [0.1, 0.15) is 25.7 Å². The average molecular weight is 499 g/mol. The SMILES string of the molecule is C=CCN1CCC(NC(=NC)NCC2CCN(S(C)(=O)=O)CC2)CC1.I. The predicted molar refractivity (Wildman–Crippen MR) is 119 cm³/mol. The molecule has 0 amide bonds. The van der Waals surface area contributed by atoms with E-state index in [0.717, 1.165) is 57.8 Å². The van der Waals surface area contributed by atoms with Gasteiger partial charge in [0.2, 0.25) is 10.0 Å². The van der Waals surface area contributed by atoms with Gasteiger partial charge in [-0.05, 0) is 31.6 Å². The number of piperidine rings is 2. The van der Waals surface area contributed by atoms with Gasteiger partial charge in [-0.1, -0.05) is 6.08 Å². The van der Waals surface area contributed by atoms with Gasteiger partial charge in [-0.2, -0.15) is 0 Å². The molecule has 0 aromatic heterocycles. The lowest BCUT2D eigenvalue weighted by Gasteiger charge is -2.33. The second-order valence-corrected chi connectivity index (χ2v) is 9.05. The number of sulfonamides is 1. The third kappa shape index (κ3) is 7.69. The standard InChI is InChI=1S/C17H33N5O2S.HI/c1-4-9-21-10-7-16(8-11-21)20-17(18-2)19-14-15-5-12-22(13-6-15)25(3,23)24;/h4,15-16H,1,5-14H2,2-3H3,(H2,18,19,20);1H. The molecule has 0 bridgehead atoms. The van der Waals surface area contributed by atoms with Crippen molar-refractivity contribution in [2.24, 2.45) is 10.9 Å². The zero-order chi connectivity index (χ0) is 18.3. The smallest absolute Gasteiger partial charge is 0.211 e. The summed E-state index contributed by atoms with van der Waals surface area (Å²) in [4.78, 5) is 6.75. The number of nitrogens with zero attached hydrogens (tertiary/aromatic N) is 3. The Morgan fingerprint density at radius 3 is 2.31 bits per heavy atom. The lowest BCUT2D eigenvalue weighted by Crippen LogP contribution is -2.50. The number of guanidine groups is 1. The van der Waals surface area contributed by atoms with Crippen LogP contribution in [0.25, 0.3) is 0 Å². The second kappa shape index (κ2) is 11.5. The van der Waals surface area contributed by atoms with E-state index in [1.807, 2.05) is 6.08 Å². The molecule has 2 rings (SSSR count). The van der Waals surface area contributed by atoms with E-state index in [-0.39, 0.29) is 24.0 Å². The zero-order valence-corrected chi connectivity index (χ0v) is 19.1. The number of aliphatic imine (C=N–C) groups is 1. The monoisotopic (exact) mass is 499 g/mol. The molecule has 152 valence electrons. The van der Waals surface area contributed by atoms with Crippen LogP contribution in [0.5, 0.6) is 0 Å². The van der Waals surface area contributed by atoms with Crippen molar-refractivity contribution in [1.82, 2.24) is 19.8 Å². The average Bonchev–Trinajstić information content (AvgIpc) is 2.60. The quantitative estimate of drug-likeness (QED) is 0.248. The summed E-state index contributed by atoms with van der Waals surface area (Å²) in [5.74, 6) is 1.35. The molecule has 0 radical (unpaired) electrons. The van der Waals surface area contributed by atoms with Gasteiger partial charge in [-0.25, -0.2) is 12.7 Å². The third-order valence-corrected chi connectivity index (χ3v) is 6.44. The van der Waals surface area contributed by atoms with Crippen LogP contribution in [0.2, 0.25) is 0 Å². The van der Waals surface area contributed by atoms with Gasteiger partial charge >= 0.3 is 0 Å². The Morgan fingerprint density at radius 1 is 1.19 bits per heavy atom. The minimum atomic E-state index is -3.05. The third-order valence-electron chi connectivity index (χ3n) is 5.14. The topological polar surface area (TPSA) is 77.0 Å². The molecule has 26 heavy (non-hydrogen) atoms. The molecule has 0 atom stereocenters. The van der Waals surface area contributed by atoms with Gasteiger partial charge in [0.05, 0.1) is 6.26 Å². The lowest BCUT2D eigenvalue weighted by atomic mass is 9.98. The van der Waals surface area contributed by atoms with Gasteiger partial charge in [-0.3, -0.25) is 9.89 Å². The number of rotatable bonds is 6. The Labute approximate surface area is 175 Å². The van der Waals surface area contributed by atoms with Crippen molar-refractivity contribution < 1.29 is 8.42 Å². The van der Waals surface area contributed by atoms with E-state index in [2.05, 4.69) is 27.1 Å². The molecule has 0 aromatic carbocycles. The maximum atomic E-state index is 11.6. The molecule has 2 saturated heterocycles. The normalized spacial score (nSPS) is 21.8. The minimum absolute atomic E-state index is 0. The van der Waals surface area contributed by atoms with Gasteiger partial charge in [0.15, 0.2) is 5.96 Å². The molecule has 2 aliphatic rings. The van der Waals surface area contributed by atoms with Crippen molar-refractivity contribution >= 4 is 40.0 Å². The molecule has 2 N–H and O–H groups in total. The van der Waals surface area contributed by atoms with Crippen molar-refractivity contribution in [3.05, 3.63) is 12.7 Å². The number of hydrogen-bond acceptors (Lipinski definition) is 4. The van der Waals surface area contributed by atoms with Crippen LogP contribution in [0.15, 0.2) is 17.6 Å². The van der Waals surface area contributed by atoms with Crippen LogP contribution in [-0.4, -0.2) is 82.2 Å². The van der Waals surface area contributed by atoms with Crippen molar-refractivity contribution in [2.45, 2.75) is 31.7 Å². The van der Waals surface area contributed by atoms with Crippen LogP contribution >= 0.6 is 24.0 Å². The van der Waals surface area contributed by atoms with E-state index in [1.54, 1.807) is 11.4 Å². The Bertz CT molecular complexity index is 554. The number of nitrogens with one attached hydrogen (secondary N) is 2. The van der Waals surface area contributed by atoms with Crippen molar-refractivity contribution in [2.75, 3.05) is 52.6 Å². The first-order chi connectivity index (χ1) is 11.9. The Morgan fingerprint density at radius 2 is 1.81 bits per heavy atom. The van der Waals surface area contributed by atoms with E-state index in [1.165, 1.54) is 6.26 Å². The van der Waals surface area contributed by atoms with Gasteiger partial charge in [0.1, 0.15) is 0 Å². The fourth-order valence-electron chi connectivity index (χ4n) is 3.52. The van der Waals surface area contributed by atoms with E-state index in [9.17, 15) is 8.42 Å². The Hall–Kier alpha value is -0.390. The van der Waals surface area contributed by atoms with Crippen LogP contribution < -0.4 is 10.6 Å².